The van der Waals surface area contributed by atoms with Gasteiger partial charge in [-0.05, 0) is 18.6 Å². The van der Waals surface area contributed by atoms with Crippen LogP contribution in [0.15, 0.2) is 18.5 Å². The summed E-state index contributed by atoms with van der Waals surface area (Å²) < 4.78 is 10.7. The molecule has 1 heterocycles. The van der Waals surface area contributed by atoms with Crippen molar-refractivity contribution < 1.29 is 9.47 Å². The topological polar surface area (TPSA) is 72.1 Å². The first-order chi connectivity index (χ1) is 9.24. The van der Waals surface area contributed by atoms with E-state index in [9.17, 15) is 0 Å². The Bertz CT molecular complexity index is 531. The number of nitrogens with one attached hydrogen (secondary N) is 2. The summed E-state index contributed by atoms with van der Waals surface area (Å²) in [6.45, 7) is 2.98. The number of methoxy groups -OCH3 is 1. The van der Waals surface area contributed by atoms with Gasteiger partial charge in [-0.15, -0.1) is 0 Å². The van der Waals surface area contributed by atoms with Gasteiger partial charge in [-0.1, -0.05) is 11.6 Å². The van der Waals surface area contributed by atoms with Crippen LogP contribution in [-0.4, -0.2) is 28.9 Å². The van der Waals surface area contributed by atoms with Gasteiger partial charge in [-0.2, -0.15) is 5.10 Å². The molecule has 0 bridgehead atoms. The second-order valence-electron chi connectivity index (χ2n) is 3.72. The molecule has 1 aromatic heterocycles. The smallest absolute Gasteiger partial charge is 0.218 e. The Morgan fingerprint density at radius 3 is 2.84 bits per heavy atom. The van der Waals surface area contributed by atoms with Gasteiger partial charge in [0, 0.05) is 17.6 Å². The second-order valence-corrected chi connectivity index (χ2v) is 4.12. The summed E-state index contributed by atoms with van der Waals surface area (Å²) in [5, 5.41) is 10.2. The Kier molecular flexibility index (Phi) is 4.46. The lowest BCUT2D eigenvalue weighted by Gasteiger charge is -2.13. The van der Waals surface area contributed by atoms with Crippen molar-refractivity contribution in [3.05, 3.63) is 29.0 Å². The van der Waals surface area contributed by atoms with Crippen LogP contribution in [0.25, 0.3) is 0 Å². The van der Waals surface area contributed by atoms with Crippen molar-refractivity contribution in [3.63, 3.8) is 0 Å². The molecule has 6 nitrogen and oxygen atoms in total. The van der Waals surface area contributed by atoms with Crippen molar-refractivity contribution in [2.75, 3.05) is 19.0 Å². The molecule has 0 unspecified atom stereocenters. The largest absolute Gasteiger partial charge is 0.493 e. The number of rotatable bonds is 6. The molecule has 0 aliphatic carbocycles. The summed E-state index contributed by atoms with van der Waals surface area (Å²) in [5.41, 5.74) is 0.887. The predicted octanol–water partition coefficient (Wildman–Crippen LogP) is 2.48. The molecular weight excluding hydrogens is 268 g/mol. The van der Waals surface area contributed by atoms with Gasteiger partial charge >= 0.3 is 0 Å². The maximum absolute atomic E-state index is 6.21. The van der Waals surface area contributed by atoms with E-state index in [4.69, 9.17) is 21.1 Å². The van der Waals surface area contributed by atoms with E-state index in [0.717, 1.165) is 5.56 Å². The van der Waals surface area contributed by atoms with E-state index >= 15 is 0 Å². The van der Waals surface area contributed by atoms with Crippen molar-refractivity contribution >= 4 is 17.5 Å². The van der Waals surface area contributed by atoms with Crippen molar-refractivity contribution in [3.8, 4) is 11.5 Å². The Hall–Kier alpha value is -1.95. The minimum Gasteiger partial charge on any atom is -0.493 e. The molecule has 0 saturated carbocycles. The highest BCUT2D eigenvalue weighted by Crippen LogP contribution is 2.33. The van der Waals surface area contributed by atoms with Crippen LogP contribution in [0.3, 0.4) is 0 Å². The molecule has 0 atom stereocenters. The monoisotopic (exact) mass is 282 g/mol. The van der Waals surface area contributed by atoms with Gasteiger partial charge in [0.05, 0.1) is 13.7 Å². The molecule has 7 heteroatoms. The molecule has 2 rings (SSSR count). The number of anilines is 1. The summed E-state index contributed by atoms with van der Waals surface area (Å²) in [4.78, 5) is 3.97. The summed E-state index contributed by atoms with van der Waals surface area (Å²) in [5.74, 6) is 1.88. The van der Waals surface area contributed by atoms with Crippen LogP contribution in [0.4, 0.5) is 5.95 Å². The van der Waals surface area contributed by atoms with Crippen molar-refractivity contribution in [1.82, 2.24) is 15.2 Å². The summed E-state index contributed by atoms with van der Waals surface area (Å²) >= 11 is 6.21. The standard InChI is InChI=1S/C12H15ClN4O2/c1-3-19-11-5-9(13)8(4-10(11)18-2)6-14-12-15-7-16-17-12/h4-5,7H,3,6H2,1-2H3,(H2,14,15,16,17). The van der Waals surface area contributed by atoms with Crippen molar-refractivity contribution in [2.45, 2.75) is 13.5 Å². The van der Waals surface area contributed by atoms with Gasteiger partial charge in [-0.25, -0.2) is 10.1 Å². The lowest BCUT2D eigenvalue weighted by atomic mass is 10.2. The Labute approximate surface area is 116 Å². The number of benzene rings is 1. The fourth-order valence-corrected chi connectivity index (χ4v) is 1.83. The first-order valence-corrected chi connectivity index (χ1v) is 6.20. The van der Waals surface area contributed by atoms with E-state index in [0.29, 0.717) is 35.6 Å². The minimum atomic E-state index is 0.511. The third-order valence-electron chi connectivity index (χ3n) is 2.49. The van der Waals surface area contributed by atoms with Gasteiger partial charge in [0.2, 0.25) is 5.95 Å². The molecule has 102 valence electrons. The molecule has 0 fully saturated rings. The molecular formula is C12H15ClN4O2. The average Bonchev–Trinajstić information content (AvgIpc) is 2.91. The molecule has 0 aliphatic heterocycles. The second kappa shape index (κ2) is 6.29. The quantitative estimate of drug-likeness (QED) is 0.851. The third kappa shape index (κ3) is 3.29. The zero-order valence-electron chi connectivity index (χ0n) is 10.7. The maximum atomic E-state index is 6.21. The number of aromatic amines is 1. The number of hydrogen-bond acceptors (Lipinski definition) is 5. The Balaban J connectivity index is 2.16. The van der Waals surface area contributed by atoms with E-state index in [2.05, 4.69) is 20.5 Å². The molecule has 0 spiro atoms. The number of nitrogens with zero attached hydrogens (tertiary/aromatic N) is 2. The molecule has 0 amide bonds. The molecule has 2 N–H and O–H groups in total. The highest BCUT2D eigenvalue weighted by Gasteiger charge is 2.10. The summed E-state index contributed by atoms with van der Waals surface area (Å²) in [6.07, 6.45) is 1.43. The molecule has 1 aromatic carbocycles. The van der Waals surface area contributed by atoms with Crippen LogP contribution in [-0.2, 0) is 6.54 Å². The van der Waals surface area contributed by atoms with Crippen LogP contribution < -0.4 is 14.8 Å². The van der Waals surface area contributed by atoms with Gasteiger partial charge in [0.1, 0.15) is 6.33 Å². The van der Waals surface area contributed by atoms with E-state index < -0.39 is 0 Å². The van der Waals surface area contributed by atoms with E-state index in [1.165, 1.54) is 6.33 Å². The van der Waals surface area contributed by atoms with Crippen LogP contribution in [0.1, 0.15) is 12.5 Å². The van der Waals surface area contributed by atoms with Crippen LogP contribution in [0.5, 0.6) is 11.5 Å². The van der Waals surface area contributed by atoms with Gasteiger partial charge in [-0.3, -0.25) is 0 Å². The first kappa shape index (κ1) is 13.5. The van der Waals surface area contributed by atoms with Crippen molar-refractivity contribution in [1.29, 1.82) is 0 Å². The van der Waals surface area contributed by atoms with E-state index in [-0.39, 0.29) is 0 Å². The van der Waals surface area contributed by atoms with Crippen LogP contribution >= 0.6 is 11.6 Å². The molecule has 19 heavy (non-hydrogen) atoms. The normalized spacial score (nSPS) is 10.3. The highest BCUT2D eigenvalue weighted by atomic mass is 35.5. The third-order valence-corrected chi connectivity index (χ3v) is 2.85. The lowest BCUT2D eigenvalue weighted by Crippen LogP contribution is -2.03. The predicted molar refractivity (Wildman–Crippen MR) is 72.9 cm³/mol. The number of halogens is 1. The number of ether oxygens (including phenoxy) is 2. The number of H-pyrrole nitrogens is 1. The number of hydrogen-bond donors (Lipinski definition) is 2. The number of aromatic nitrogens is 3. The maximum Gasteiger partial charge on any atom is 0.218 e. The van der Waals surface area contributed by atoms with E-state index in [1.807, 2.05) is 13.0 Å². The minimum absolute atomic E-state index is 0.511. The lowest BCUT2D eigenvalue weighted by molar-refractivity contribution is 0.311. The van der Waals surface area contributed by atoms with Gasteiger partial charge in [0.15, 0.2) is 11.5 Å². The Morgan fingerprint density at radius 2 is 2.21 bits per heavy atom. The van der Waals surface area contributed by atoms with Crippen LogP contribution in [0, 0.1) is 0 Å². The SMILES string of the molecule is CCOc1cc(Cl)c(CNc2ncn[nH]2)cc1OC. The van der Waals surface area contributed by atoms with Gasteiger partial charge < -0.3 is 14.8 Å². The van der Waals surface area contributed by atoms with Crippen molar-refractivity contribution in [2.24, 2.45) is 0 Å². The fourth-order valence-electron chi connectivity index (χ4n) is 1.61. The zero-order chi connectivity index (χ0) is 13.7. The summed E-state index contributed by atoms with van der Waals surface area (Å²) in [7, 11) is 1.60. The van der Waals surface area contributed by atoms with E-state index in [1.54, 1.807) is 13.2 Å². The average molecular weight is 283 g/mol. The fraction of sp³-hybridized carbons (Fsp3) is 0.333. The Morgan fingerprint density at radius 1 is 1.37 bits per heavy atom. The molecule has 0 aliphatic rings. The van der Waals surface area contributed by atoms with Crippen LogP contribution in [0.2, 0.25) is 5.02 Å². The van der Waals surface area contributed by atoms with Gasteiger partial charge in [0.25, 0.3) is 0 Å². The highest BCUT2D eigenvalue weighted by molar-refractivity contribution is 6.31. The molecule has 2 aromatic rings. The molecule has 0 radical (unpaired) electrons. The summed E-state index contributed by atoms with van der Waals surface area (Å²) in [6, 6.07) is 3.60. The molecule has 0 saturated heterocycles. The zero-order valence-corrected chi connectivity index (χ0v) is 11.5. The first-order valence-electron chi connectivity index (χ1n) is 5.83.